The monoisotopic (exact) mass is 404 g/mol. The molecule has 0 spiro atoms. The Balaban J connectivity index is 1.77. The van der Waals surface area contributed by atoms with E-state index in [9.17, 15) is 18.0 Å². The number of halogens is 3. The van der Waals surface area contributed by atoms with Gasteiger partial charge in [0.15, 0.2) is 5.69 Å². The van der Waals surface area contributed by atoms with Crippen LogP contribution in [0.15, 0.2) is 48.5 Å². The summed E-state index contributed by atoms with van der Waals surface area (Å²) in [5, 5.41) is 8.04. The smallest absolute Gasteiger partial charge is 0.416 e. The lowest BCUT2D eigenvalue weighted by Gasteiger charge is -2.17. The average molecular weight is 404 g/mol. The lowest BCUT2D eigenvalue weighted by atomic mass is 10.1. The summed E-state index contributed by atoms with van der Waals surface area (Å²) >= 11 is 0. The second-order valence-electron chi connectivity index (χ2n) is 6.49. The van der Waals surface area contributed by atoms with Gasteiger partial charge in [0.25, 0.3) is 5.91 Å². The quantitative estimate of drug-likeness (QED) is 0.648. The molecule has 0 N–H and O–H groups in total. The largest absolute Gasteiger partial charge is 0.497 e. The maximum absolute atomic E-state index is 12.8. The molecule has 152 valence electrons. The minimum Gasteiger partial charge on any atom is -0.497 e. The van der Waals surface area contributed by atoms with Crippen molar-refractivity contribution >= 4 is 5.91 Å². The van der Waals surface area contributed by atoms with E-state index in [2.05, 4.69) is 10.3 Å². The van der Waals surface area contributed by atoms with E-state index < -0.39 is 11.7 Å². The molecule has 2 aromatic carbocycles. The number of ether oxygens (including phenoxy) is 1. The van der Waals surface area contributed by atoms with Gasteiger partial charge in [0, 0.05) is 19.7 Å². The predicted molar refractivity (Wildman–Crippen MR) is 99.9 cm³/mol. The zero-order valence-electron chi connectivity index (χ0n) is 16.1. The van der Waals surface area contributed by atoms with Crippen molar-refractivity contribution < 1.29 is 22.7 Å². The number of carbonyl (C=O) groups is 1. The highest BCUT2D eigenvalue weighted by atomic mass is 19.4. The molecule has 0 fully saturated rings. The van der Waals surface area contributed by atoms with Gasteiger partial charge in [-0.05, 0) is 36.8 Å². The van der Waals surface area contributed by atoms with Gasteiger partial charge in [-0.25, -0.2) is 4.68 Å². The number of nitrogens with zero attached hydrogens (tertiary/aromatic N) is 4. The average Bonchev–Trinajstić information content (AvgIpc) is 3.08. The summed E-state index contributed by atoms with van der Waals surface area (Å²) < 4.78 is 44.8. The van der Waals surface area contributed by atoms with Gasteiger partial charge in [0.1, 0.15) is 5.75 Å². The fourth-order valence-electron chi connectivity index (χ4n) is 2.84. The number of rotatable bonds is 5. The normalized spacial score (nSPS) is 11.4. The van der Waals surface area contributed by atoms with Crippen LogP contribution >= 0.6 is 0 Å². The van der Waals surface area contributed by atoms with Gasteiger partial charge < -0.3 is 9.64 Å². The van der Waals surface area contributed by atoms with Gasteiger partial charge in [-0.1, -0.05) is 23.4 Å². The first-order valence-electron chi connectivity index (χ1n) is 8.69. The second-order valence-corrected chi connectivity index (χ2v) is 6.49. The maximum atomic E-state index is 12.8. The predicted octanol–water partition coefficient (Wildman–Crippen LogP) is 3.88. The van der Waals surface area contributed by atoms with Crippen LogP contribution in [0.3, 0.4) is 0 Å². The van der Waals surface area contributed by atoms with Crippen LogP contribution in [0, 0.1) is 6.92 Å². The van der Waals surface area contributed by atoms with Crippen molar-refractivity contribution in [3.8, 4) is 11.4 Å². The van der Waals surface area contributed by atoms with E-state index in [0.29, 0.717) is 22.7 Å². The number of amides is 1. The Hall–Kier alpha value is -3.36. The molecule has 0 saturated carbocycles. The van der Waals surface area contributed by atoms with Crippen LogP contribution in [-0.4, -0.2) is 40.0 Å². The van der Waals surface area contributed by atoms with E-state index in [0.717, 1.165) is 12.1 Å². The minimum absolute atomic E-state index is 0.141. The fraction of sp³-hybridized carbons (Fsp3) is 0.250. The first-order valence-corrected chi connectivity index (χ1v) is 8.69. The summed E-state index contributed by atoms with van der Waals surface area (Å²) in [5.74, 6) is 0.265. The van der Waals surface area contributed by atoms with Gasteiger partial charge in [0.2, 0.25) is 0 Å². The molecule has 6 nitrogen and oxygen atoms in total. The van der Waals surface area contributed by atoms with Crippen LogP contribution in [0.25, 0.3) is 5.69 Å². The third-order valence-corrected chi connectivity index (χ3v) is 4.44. The van der Waals surface area contributed by atoms with Crippen molar-refractivity contribution in [3.05, 3.63) is 71.0 Å². The van der Waals surface area contributed by atoms with E-state index in [-0.39, 0.29) is 18.1 Å². The number of methoxy groups -OCH3 is 1. The highest BCUT2D eigenvalue weighted by molar-refractivity contribution is 5.93. The van der Waals surface area contributed by atoms with Crippen LogP contribution in [0.2, 0.25) is 0 Å². The minimum atomic E-state index is -4.39. The fourth-order valence-corrected chi connectivity index (χ4v) is 2.84. The molecule has 0 atom stereocenters. The molecular formula is C20H19F3N4O2. The number of aromatic nitrogens is 3. The summed E-state index contributed by atoms with van der Waals surface area (Å²) in [6, 6.07) is 11.9. The molecule has 3 rings (SSSR count). The van der Waals surface area contributed by atoms with E-state index >= 15 is 0 Å². The first kappa shape index (κ1) is 20.4. The third-order valence-electron chi connectivity index (χ3n) is 4.44. The molecule has 9 heteroatoms. The van der Waals surface area contributed by atoms with Crippen molar-refractivity contribution in [2.75, 3.05) is 14.2 Å². The second kappa shape index (κ2) is 7.94. The van der Waals surface area contributed by atoms with Crippen molar-refractivity contribution in [1.82, 2.24) is 19.9 Å². The van der Waals surface area contributed by atoms with Gasteiger partial charge in [-0.15, -0.1) is 5.10 Å². The molecule has 0 bridgehead atoms. The molecule has 3 aromatic rings. The summed E-state index contributed by atoms with van der Waals surface area (Å²) in [5.41, 5.74) is 1.25. The van der Waals surface area contributed by atoms with E-state index in [4.69, 9.17) is 4.74 Å². The Kier molecular flexibility index (Phi) is 5.58. The summed E-state index contributed by atoms with van der Waals surface area (Å²) in [6.45, 7) is 1.86. The zero-order valence-corrected chi connectivity index (χ0v) is 16.1. The van der Waals surface area contributed by atoms with Crippen molar-refractivity contribution in [2.45, 2.75) is 19.6 Å². The summed E-state index contributed by atoms with van der Waals surface area (Å²) in [4.78, 5) is 14.2. The molecule has 29 heavy (non-hydrogen) atoms. The van der Waals surface area contributed by atoms with Gasteiger partial charge >= 0.3 is 6.18 Å². The molecule has 0 saturated heterocycles. The zero-order chi connectivity index (χ0) is 21.2. The molecule has 0 aliphatic rings. The van der Waals surface area contributed by atoms with Crippen molar-refractivity contribution in [2.24, 2.45) is 0 Å². The van der Waals surface area contributed by atoms with Crippen molar-refractivity contribution in [1.29, 1.82) is 0 Å². The Labute approximate surface area is 165 Å². The van der Waals surface area contributed by atoms with Crippen LogP contribution in [0.5, 0.6) is 5.75 Å². The Morgan fingerprint density at radius 1 is 1.17 bits per heavy atom. The number of carbonyl (C=O) groups excluding carboxylic acids is 1. The molecule has 1 amide bonds. The molecule has 0 radical (unpaired) electrons. The highest BCUT2D eigenvalue weighted by Gasteiger charge is 2.30. The van der Waals surface area contributed by atoms with Gasteiger partial charge in [-0.3, -0.25) is 4.79 Å². The Bertz CT molecular complexity index is 1010. The standard InChI is InChI=1S/C20H19F3N4O2/c1-13-18(24-25-27(13)16-5-4-6-17(11-16)29-3)19(28)26(2)12-14-7-9-15(10-8-14)20(21,22)23/h4-11H,12H2,1-3H3. The molecule has 1 aromatic heterocycles. The van der Waals surface area contributed by atoms with Crippen LogP contribution in [0.1, 0.15) is 27.3 Å². The van der Waals surface area contributed by atoms with Gasteiger partial charge in [0.05, 0.1) is 24.1 Å². The van der Waals surface area contributed by atoms with Crippen LogP contribution < -0.4 is 4.74 Å². The highest BCUT2D eigenvalue weighted by Crippen LogP contribution is 2.29. The topological polar surface area (TPSA) is 60.2 Å². The molecular weight excluding hydrogens is 385 g/mol. The Morgan fingerprint density at radius 2 is 1.86 bits per heavy atom. The van der Waals surface area contributed by atoms with Crippen LogP contribution in [0.4, 0.5) is 13.2 Å². The molecule has 0 aliphatic carbocycles. The van der Waals surface area contributed by atoms with E-state index in [1.807, 2.05) is 6.07 Å². The molecule has 1 heterocycles. The number of hydrogen-bond acceptors (Lipinski definition) is 4. The SMILES string of the molecule is COc1cccc(-n2nnc(C(=O)N(C)Cc3ccc(C(F)(F)F)cc3)c2C)c1. The maximum Gasteiger partial charge on any atom is 0.416 e. The third kappa shape index (κ3) is 4.39. The van der Waals surface area contributed by atoms with Gasteiger partial charge in [-0.2, -0.15) is 13.2 Å². The van der Waals surface area contributed by atoms with E-state index in [1.54, 1.807) is 39.3 Å². The molecule has 0 aliphatic heterocycles. The summed E-state index contributed by atoms with van der Waals surface area (Å²) in [6.07, 6.45) is -4.39. The lowest BCUT2D eigenvalue weighted by Crippen LogP contribution is -2.27. The Morgan fingerprint density at radius 3 is 2.48 bits per heavy atom. The van der Waals surface area contributed by atoms with Crippen molar-refractivity contribution in [3.63, 3.8) is 0 Å². The first-order chi connectivity index (χ1) is 13.7. The van der Waals surface area contributed by atoms with E-state index in [1.165, 1.54) is 21.7 Å². The lowest BCUT2D eigenvalue weighted by molar-refractivity contribution is -0.137. The van der Waals surface area contributed by atoms with Crippen LogP contribution in [-0.2, 0) is 12.7 Å². The number of benzene rings is 2. The summed E-state index contributed by atoms with van der Waals surface area (Å²) in [7, 11) is 3.11. The molecule has 0 unspecified atom stereocenters. The number of alkyl halides is 3. The number of hydrogen-bond donors (Lipinski definition) is 0.